The number of carbonyl (C=O) groups excluding carboxylic acids is 1. The highest BCUT2D eigenvalue weighted by molar-refractivity contribution is 7.89. The molecule has 3 saturated heterocycles. The monoisotopic (exact) mass is 498 g/mol. The summed E-state index contributed by atoms with van der Waals surface area (Å²) in [5, 5.41) is 6.33. The molecule has 33 heavy (non-hydrogen) atoms. The van der Waals surface area contributed by atoms with Crippen molar-refractivity contribution in [3.05, 3.63) is 23.2 Å². The maximum atomic E-state index is 13.2. The second-order valence-electron chi connectivity index (χ2n) is 9.29. The predicted octanol–water partition coefficient (Wildman–Crippen LogP) is 3.38. The number of hydrogen-bond donors (Lipinski definition) is 2. The van der Waals surface area contributed by atoms with Crippen LogP contribution in [0.1, 0.15) is 38.5 Å². The molecule has 0 saturated carbocycles. The summed E-state index contributed by atoms with van der Waals surface area (Å²) in [6.07, 6.45) is 6.76. The van der Waals surface area contributed by atoms with Crippen LogP contribution in [0.3, 0.4) is 0 Å². The van der Waals surface area contributed by atoms with Gasteiger partial charge < -0.3 is 20.3 Å². The molecule has 3 heterocycles. The van der Waals surface area contributed by atoms with Gasteiger partial charge in [-0.15, -0.1) is 0 Å². The van der Waals surface area contributed by atoms with E-state index in [1.54, 1.807) is 15.3 Å². The lowest BCUT2D eigenvalue weighted by Crippen LogP contribution is -2.43. The Kier molecular flexibility index (Phi) is 8.51. The van der Waals surface area contributed by atoms with Crippen LogP contribution in [0.5, 0.6) is 0 Å². The molecule has 0 bridgehead atoms. The number of morpholine rings is 1. The van der Waals surface area contributed by atoms with Crippen molar-refractivity contribution >= 4 is 33.3 Å². The van der Waals surface area contributed by atoms with Crippen LogP contribution in [0.25, 0.3) is 0 Å². The van der Waals surface area contributed by atoms with E-state index in [0.29, 0.717) is 51.0 Å². The van der Waals surface area contributed by atoms with E-state index in [1.807, 2.05) is 0 Å². The fourth-order valence-electron chi connectivity index (χ4n) is 4.98. The number of nitrogens with zero attached hydrogens (tertiary/aromatic N) is 2. The van der Waals surface area contributed by atoms with Crippen molar-refractivity contribution in [2.45, 2.75) is 43.4 Å². The maximum absolute atomic E-state index is 13.2. The molecule has 4 rings (SSSR count). The SMILES string of the molecule is O=C(Nc1ccc(S(=O)(=O)N2CCC(CCC3CCNCC3)CC2)c(Cl)c1)N1CCOCC1. The van der Waals surface area contributed by atoms with Crippen molar-refractivity contribution in [3.8, 4) is 0 Å². The van der Waals surface area contributed by atoms with Crippen LogP contribution in [0.4, 0.5) is 10.5 Å². The summed E-state index contributed by atoms with van der Waals surface area (Å²) >= 11 is 6.37. The highest BCUT2D eigenvalue weighted by Crippen LogP contribution is 2.32. The molecule has 0 spiro atoms. The fraction of sp³-hybridized carbons (Fsp3) is 0.696. The van der Waals surface area contributed by atoms with Gasteiger partial charge in [-0.25, -0.2) is 13.2 Å². The highest BCUT2D eigenvalue weighted by atomic mass is 35.5. The standard InChI is InChI=1S/C23H35ClN4O4S/c24-21-17-20(26-23(29)27-13-15-32-16-14-27)3-4-22(21)33(30,31)28-11-7-19(8-12-28)2-1-18-5-9-25-10-6-18/h3-4,17-19,25H,1-2,5-16H2,(H,26,29). The molecular formula is C23H35ClN4O4S. The van der Waals surface area contributed by atoms with Crippen LogP contribution in [0, 0.1) is 11.8 Å². The Morgan fingerprint density at radius 2 is 1.67 bits per heavy atom. The lowest BCUT2D eigenvalue weighted by atomic mass is 9.86. The van der Waals surface area contributed by atoms with Crippen molar-refractivity contribution in [1.82, 2.24) is 14.5 Å². The van der Waals surface area contributed by atoms with Gasteiger partial charge in [-0.05, 0) is 68.8 Å². The van der Waals surface area contributed by atoms with E-state index in [1.165, 1.54) is 37.8 Å². The zero-order valence-electron chi connectivity index (χ0n) is 19.1. The summed E-state index contributed by atoms with van der Waals surface area (Å²) in [6, 6.07) is 4.37. The zero-order chi connectivity index (χ0) is 23.3. The van der Waals surface area contributed by atoms with Crippen molar-refractivity contribution < 1.29 is 17.9 Å². The van der Waals surface area contributed by atoms with Crippen LogP contribution < -0.4 is 10.6 Å². The van der Waals surface area contributed by atoms with Crippen molar-refractivity contribution in [1.29, 1.82) is 0 Å². The Bertz CT molecular complexity index is 909. The van der Waals surface area contributed by atoms with Crippen molar-refractivity contribution in [2.75, 3.05) is 57.8 Å². The Morgan fingerprint density at radius 3 is 2.30 bits per heavy atom. The van der Waals surface area contributed by atoms with E-state index >= 15 is 0 Å². The quantitative estimate of drug-likeness (QED) is 0.627. The molecule has 3 fully saturated rings. The molecule has 0 aliphatic carbocycles. The number of benzene rings is 1. The van der Waals surface area contributed by atoms with E-state index in [-0.39, 0.29) is 15.9 Å². The summed E-state index contributed by atoms with van der Waals surface area (Å²) in [7, 11) is -3.66. The maximum Gasteiger partial charge on any atom is 0.322 e. The third-order valence-electron chi connectivity index (χ3n) is 7.11. The van der Waals surface area contributed by atoms with Crippen molar-refractivity contribution in [2.24, 2.45) is 11.8 Å². The predicted molar refractivity (Wildman–Crippen MR) is 129 cm³/mol. The van der Waals surface area contributed by atoms with Gasteiger partial charge in [0.05, 0.1) is 18.2 Å². The van der Waals surface area contributed by atoms with Crippen LogP contribution in [0.15, 0.2) is 23.1 Å². The van der Waals surface area contributed by atoms with Gasteiger partial charge in [0.1, 0.15) is 4.90 Å². The molecule has 1 aromatic carbocycles. The molecule has 10 heteroatoms. The Balaban J connectivity index is 1.31. The first kappa shape index (κ1) is 24.7. The molecule has 3 aliphatic rings. The minimum absolute atomic E-state index is 0.0988. The topological polar surface area (TPSA) is 91.0 Å². The van der Waals surface area contributed by atoms with E-state index in [0.717, 1.165) is 31.8 Å². The summed E-state index contributed by atoms with van der Waals surface area (Å²) in [6.45, 7) is 5.39. The number of hydrogen-bond acceptors (Lipinski definition) is 5. The van der Waals surface area contributed by atoms with Crippen LogP contribution in [-0.4, -0.2) is 76.1 Å². The largest absolute Gasteiger partial charge is 0.378 e. The normalized spacial score (nSPS) is 21.8. The second-order valence-corrected chi connectivity index (χ2v) is 11.6. The number of rotatable bonds is 6. The van der Waals surface area contributed by atoms with Gasteiger partial charge in [-0.1, -0.05) is 24.4 Å². The number of anilines is 1. The number of ether oxygens (including phenoxy) is 1. The van der Waals surface area contributed by atoms with E-state index < -0.39 is 10.0 Å². The Morgan fingerprint density at radius 1 is 1.03 bits per heavy atom. The molecule has 2 amide bonds. The minimum Gasteiger partial charge on any atom is -0.378 e. The third-order valence-corrected chi connectivity index (χ3v) is 9.50. The summed E-state index contributed by atoms with van der Waals surface area (Å²) < 4.78 is 33.3. The molecule has 0 radical (unpaired) electrons. The Labute approximate surface area is 202 Å². The number of amides is 2. The van der Waals surface area contributed by atoms with Crippen LogP contribution in [-0.2, 0) is 14.8 Å². The van der Waals surface area contributed by atoms with Crippen molar-refractivity contribution in [3.63, 3.8) is 0 Å². The fourth-order valence-corrected chi connectivity index (χ4v) is 6.96. The summed E-state index contributed by atoms with van der Waals surface area (Å²) in [5.74, 6) is 1.41. The number of nitrogens with one attached hydrogen (secondary N) is 2. The van der Waals surface area contributed by atoms with Gasteiger partial charge in [-0.2, -0.15) is 4.31 Å². The first-order valence-corrected chi connectivity index (χ1v) is 13.9. The van der Waals surface area contributed by atoms with Crippen LogP contribution >= 0.6 is 11.6 Å². The average molecular weight is 499 g/mol. The van der Waals surface area contributed by atoms with Gasteiger partial charge in [0.15, 0.2) is 0 Å². The molecule has 2 N–H and O–H groups in total. The minimum atomic E-state index is -3.66. The number of urea groups is 1. The van der Waals surface area contributed by atoms with Gasteiger partial charge in [0, 0.05) is 31.9 Å². The van der Waals surface area contributed by atoms with Crippen LogP contribution in [0.2, 0.25) is 5.02 Å². The highest BCUT2D eigenvalue weighted by Gasteiger charge is 2.31. The molecular weight excluding hydrogens is 464 g/mol. The molecule has 184 valence electrons. The molecule has 1 aromatic rings. The number of piperidine rings is 2. The molecule has 0 atom stereocenters. The zero-order valence-corrected chi connectivity index (χ0v) is 20.7. The van der Waals surface area contributed by atoms with Gasteiger partial charge >= 0.3 is 6.03 Å². The lowest BCUT2D eigenvalue weighted by molar-refractivity contribution is 0.0564. The Hall–Kier alpha value is -1.39. The van der Waals surface area contributed by atoms with Gasteiger partial charge in [0.2, 0.25) is 10.0 Å². The van der Waals surface area contributed by atoms with E-state index in [9.17, 15) is 13.2 Å². The molecule has 0 aromatic heterocycles. The number of sulfonamides is 1. The molecule has 8 nitrogen and oxygen atoms in total. The van der Waals surface area contributed by atoms with E-state index in [4.69, 9.17) is 16.3 Å². The third kappa shape index (κ3) is 6.39. The first-order chi connectivity index (χ1) is 15.9. The van der Waals surface area contributed by atoms with Gasteiger partial charge in [-0.3, -0.25) is 0 Å². The summed E-state index contributed by atoms with van der Waals surface area (Å²) in [4.78, 5) is 14.1. The van der Waals surface area contributed by atoms with Gasteiger partial charge in [0.25, 0.3) is 0 Å². The first-order valence-electron chi connectivity index (χ1n) is 12.1. The smallest absolute Gasteiger partial charge is 0.322 e. The molecule has 0 unspecified atom stereocenters. The van der Waals surface area contributed by atoms with E-state index in [2.05, 4.69) is 10.6 Å². The average Bonchev–Trinajstić information content (AvgIpc) is 2.84. The summed E-state index contributed by atoms with van der Waals surface area (Å²) in [5.41, 5.74) is 0.479. The second kappa shape index (κ2) is 11.4. The number of carbonyl (C=O) groups is 1. The lowest BCUT2D eigenvalue weighted by Gasteiger charge is -2.32. The number of halogens is 1. The molecule has 3 aliphatic heterocycles.